The Bertz CT molecular complexity index is 478. The molecule has 0 amide bonds. The summed E-state index contributed by atoms with van der Waals surface area (Å²) in [5.74, 6) is 1.25. The molecule has 0 spiro atoms. The van der Waals surface area contributed by atoms with Crippen molar-refractivity contribution in [2.45, 2.75) is 33.1 Å². The topological polar surface area (TPSA) is 66.7 Å². The van der Waals surface area contributed by atoms with Gasteiger partial charge in [0, 0.05) is 27.2 Å². The fourth-order valence-electron chi connectivity index (χ4n) is 1.94. The summed E-state index contributed by atoms with van der Waals surface area (Å²) in [4.78, 5) is 22.4. The van der Waals surface area contributed by atoms with Crippen LogP contribution in [0.2, 0.25) is 0 Å². The molecule has 1 aromatic heterocycles. The van der Waals surface area contributed by atoms with E-state index in [0.717, 1.165) is 18.8 Å². The van der Waals surface area contributed by atoms with Crippen LogP contribution in [0.1, 0.15) is 33.1 Å². The van der Waals surface area contributed by atoms with Gasteiger partial charge in [-0.15, -0.1) is 0 Å². The highest BCUT2D eigenvalue weighted by Gasteiger charge is 2.17. The maximum atomic E-state index is 5.26. The molecule has 1 aliphatic rings. The predicted molar refractivity (Wildman–Crippen MR) is 79.6 cm³/mol. The van der Waals surface area contributed by atoms with Gasteiger partial charge in [-0.05, 0) is 33.1 Å². The van der Waals surface area contributed by atoms with Crippen LogP contribution in [-0.4, -0.2) is 47.8 Å². The molecule has 2 rings (SSSR count). The highest BCUT2D eigenvalue weighted by atomic mass is 16.6. The molecule has 0 atom stereocenters. The maximum Gasteiger partial charge on any atom is 0.352 e. The lowest BCUT2D eigenvalue weighted by atomic mass is 10.1. The normalized spacial score (nSPS) is 14.9. The summed E-state index contributed by atoms with van der Waals surface area (Å²) in [6.07, 6.45) is 3.61. The van der Waals surface area contributed by atoms with E-state index in [0.29, 0.717) is 11.9 Å². The SMILES string of the molecule is CC(C)=NOc1nc(N(C)C)nc(N2CCCCC2)n1. The van der Waals surface area contributed by atoms with Gasteiger partial charge in [0.1, 0.15) is 0 Å². The summed E-state index contributed by atoms with van der Waals surface area (Å²) < 4.78 is 0. The fourth-order valence-corrected chi connectivity index (χ4v) is 1.94. The average Bonchev–Trinajstić information content (AvgIpc) is 2.45. The van der Waals surface area contributed by atoms with Crippen LogP contribution >= 0.6 is 0 Å². The molecule has 110 valence electrons. The third-order valence-corrected chi connectivity index (χ3v) is 2.94. The summed E-state index contributed by atoms with van der Waals surface area (Å²) in [6.45, 7) is 5.68. The summed E-state index contributed by atoms with van der Waals surface area (Å²) >= 11 is 0. The third kappa shape index (κ3) is 3.79. The molecule has 0 aromatic carbocycles. The Morgan fingerprint density at radius 1 is 1.10 bits per heavy atom. The highest BCUT2D eigenvalue weighted by Crippen LogP contribution is 2.20. The molecular weight excluding hydrogens is 256 g/mol. The Kier molecular flexibility index (Phi) is 4.70. The molecule has 0 radical (unpaired) electrons. The highest BCUT2D eigenvalue weighted by molar-refractivity contribution is 5.78. The van der Waals surface area contributed by atoms with Gasteiger partial charge in [0.25, 0.3) is 0 Å². The first-order valence-electron chi connectivity index (χ1n) is 6.93. The van der Waals surface area contributed by atoms with Crippen LogP contribution in [0.25, 0.3) is 0 Å². The second kappa shape index (κ2) is 6.49. The first-order chi connectivity index (χ1) is 9.56. The molecule has 0 unspecified atom stereocenters. The maximum absolute atomic E-state index is 5.26. The van der Waals surface area contributed by atoms with Crippen molar-refractivity contribution >= 4 is 17.6 Å². The molecular formula is C13H22N6O. The van der Waals surface area contributed by atoms with Crippen molar-refractivity contribution in [1.82, 2.24) is 15.0 Å². The minimum atomic E-state index is 0.241. The second-order valence-corrected chi connectivity index (χ2v) is 5.29. The molecule has 1 fully saturated rings. The second-order valence-electron chi connectivity index (χ2n) is 5.29. The first kappa shape index (κ1) is 14.5. The van der Waals surface area contributed by atoms with Crippen LogP contribution in [0.4, 0.5) is 11.9 Å². The number of hydrogen-bond donors (Lipinski definition) is 0. The van der Waals surface area contributed by atoms with E-state index in [2.05, 4.69) is 25.0 Å². The Hall–Kier alpha value is -1.92. The largest absolute Gasteiger partial charge is 0.352 e. The average molecular weight is 278 g/mol. The molecule has 1 aliphatic heterocycles. The van der Waals surface area contributed by atoms with Crippen LogP contribution in [-0.2, 0) is 0 Å². The van der Waals surface area contributed by atoms with E-state index in [9.17, 15) is 0 Å². The monoisotopic (exact) mass is 278 g/mol. The smallest absolute Gasteiger partial charge is 0.347 e. The van der Waals surface area contributed by atoms with E-state index < -0.39 is 0 Å². The number of piperidine rings is 1. The number of oxime groups is 1. The number of nitrogens with zero attached hydrogens (tertiary/aromatic N) is 6. The van der Waals surface area contributed by atoms with Crippen molar-refractivity contribution in [2.75, 3.05) is 37.0 Å². The molecule has 0 N–H and O–H groups in total. The molecule has 0 saturated carbocycles. The van der Waals surface area contributed by atoms with Gasteiger partial charge in [0.15, 0.2) is 0 Å². The van der Waals surface area contributed by atoms with E-state index in [1.165, 1.54) is 19.3 Å². The van der Waals surface area contributed by atoms with Gasteiger partial charge in [-0.2, -0.15) is 15.0 Å². The lowest BCUT2D eigenvalue weighted by Crippen LogP contribution is -2.31. The van der Waals surface area contributed by atoms with Gasteiger partial charge in [0.05, 0.1) is 5.71 Å². The zero-order chi connectivity index (χ0) is 14.5. The first-order valence-corrected chi connectivity index (χ1v) is 6.93. The van der Waals surface area contributed by atoms with E-state index in [1.54, 1.807) is 0 Å². The van der Waals surface area contributed by atoms with Gasteiger partial charge < -0.3 is 14.6 Å². The lowest BCUT2D eigenvalue weighted by molar-refractivity contribution is 0.311. The van der Waals surface area contributed by atoms with Crippen LogP contribution in [0, 0.1) is 0 Å². The quantitative estimate of drug-likeness (QED) is 0.617. The van der Waals surface area contributed by atoms with Gasteiger partial charge >= 0.3 is 6.01 Å². The molecule has 0 bridgehead atoms. The van der Waals surface area contributed by atoms with E-state index in [1.807, 2.05) is 32.8 Å². The van der Waals surface area contributed by atoms with Crippen LogP contribution < -0.4 is 14.6 Å². The molecule has 1 saturated heterocycles. The Morgan fingerprint density at radius 2 is 1.80 bits per heavy atom. The number of anilines is 2. The van der Waals surface area contributed by atoms with Crippen molar-refractivity contribution in [1.29, 1.82) is 0 Å². The van der Waals surface area contributed by atoms with Gasteiger partial charge in [0.2, 0.25) is 11.9 Å². The molecule has 0 aliphatic carbocycles. The summed E-state index contributed by atoms with van der Waals surface area (Å²) in [6, 6.07) is 0.241. The lowest BCUT2D eigenvalue weighted by Gasteiger charge is -2.27. The molecule has 2 heterocycles. The van der Waals surface area contributed by atoms with Crippen molar-refractivity contribution in [3.05, 3.63) is 0 Å². The summed E-state index contributed by atoms with van der Waals surface area (Å²) in [5.41, 5.74) is 0.816. The predicted octanol–water partition coefficient (Wildman–Crippen LogP) is 1.70. The zero-order valence-electron chi connectivity index (χ0n) is 12.6. The minimum absolute atomic E-state index is 0.241. The summed E-state index contributed by atoms with van der Waals surface area (Å²) in [7, 11) is 3.79. The van der Waals surface area contributed by atoms with Gasteiger partial charge in [-0.25, -0.2) is 0 Å². The fraction of sp³-hybridized carbons (Fsp3) is 0.692. The zero-order valence-corrected chi connectivity index (χ0v) is 12.6. The molecule has 7 heteroatoms. The molecule has 7 nitrogen and oxygen atoms in total. The Morgan fingerprint density at radius 3 is 2.40 bits per heavy atom. The van der Waals surface area contributed by atoms with Crippen LogP contribution in [0.3, 0.4) is 0 Å². The third-order valence-electron chi connectivity index (χ3n) is 2.94. The van der Waals surface area contributed by atoms with Crippen LogP contribution in [0.15, 0.2) is 5.16 Å². The summed E-state index contributed by atoms with van der Waals surface area (Å²) in [5, 5.41) is 3.91. The molecule has 20 heavy (non-hydrogen) atoms. The van der Waals surface area contributed by atoms with Crippen molar-refractivity contribution in [2.24, 2.45) is 5.16 Å². The Balaban J connectivity index is 2.27. The van der Waals surface area contributed by atoms with Crippen LogP contribution in [0.5, 0.6) is 6.01 Å². The number of aromatic nitrogens is 3. The molecule has 1 aromatic rings. The van der Waals surface area contributed by atoms with E-state index >= 15 is 0 Å². The van der Waals surface area contributed by atoms with Crippen molar-refractivity contribution in [3.8, 4) is 6.01 Å². The van der Waals surface area contributed by atoms with E-state index in [4.69, 9.17) is 4.84 Å². The standard InChI is InChI=1S/C13H22N6O/c1-10(2)17-20-13-15-11(18(3)4)14-12(16-13)19-8-6-5-7-9-19/h5-9H2,1-4H3. The number of hydrogen-bond acceptors (Lipinski definition) is 7. The minimum Gasteiger partial charge on any atom is -0.347 e. The number of rotatable bonds is 4. The van der Waals surface area contributed by atoms with Crippen molar-refractivity contribution < 1.29 is 4.84 Å². The van der Waals surface area contributed by atoms with Gasteiger partial charge in [-0.3, -0.25) is 0 Å². The van der Waals surface area contributed by atoms with E-state index in [-0.39, 0.29) is 6.01 Å². The van der Waals surface area contributed by atoms with Crippen molar-refractivity contribution in [3.63, 3.8) is 0 Å². The Labute approximate surface area is 119 Å². The van der Waals surface area contributed by atoms with Gasteiger partial charge in [-0.1, -0.05) is 5.16 Å².